The molecule has 0 amide bonds. The summed E-state index contributed by atoms with van der Waals surface area (Å²) in [7, 11) is 0. The number of hydrogen-bond donors (Lipinski definition) is 1. The molecular weight excluding hydrogens is 423 g/mol. The van der Waals surface area contributed by atoms with Crippen LogP contribution in [0, 0.1) is 0 Å². The predicted octanol–water partition coefficient (Wildman–Crippen LogP) is 7.70. The number of benzene rings is 1. The van der Waals surface area contributed by atoms with Crippen LogP contribution in [0.4, 0.5) is 0 Å². The first-order valence-corrected chi connectivity index (χ1v) is 18.4. The van der Waals surface area contributed by atoms with E-state index in [1.54, 1.807) is 6.08 Å². The molecule has 0 aliphatic rings. The topological polar surface area (TPSA) is 20.2 Å². The van der Waals surface area contributed by atoms with Crippen LogP contribution in [0.5, 0.6) is 0 Å². The van der Waals surface area contributed by atoms with Gasteiger partial charge in [-0.2, -0.15) is 0 Å². The molecule has 26 heavy (non-hydrogen) atoms. The summed E-state index contributed by atoms with van der Waals surface area (Å²) in [6, 6.07) is 8.34. The molecule has 1 N–H and O–H groups in total. The quantitative estimate of drug-likeness (QED) is 0.222. The van der Waals surface area contributed by atoms with E-state index in [0.29, 0.717) is 6.42 Å². The Balaban J connectivity index is 3.12. The van der Waals surface area contributed by atoms with Crippen LogP contribution in [0.15, 0.2) is 41.0 Å². The van der Waals surface area contributed by atoms with Crippen molar-refractivity contribution in [1.82, 2.24) is 0 Å². The number of rotatable bonds is 14. The van der Waals surface area contributed by atoms with E-state index < -0.39 is 24.5 Å². The van der Waals surface area contributed by atoms with Crippen molar-refractivity contribution in [1.29, 1.82) is 0 Å². The molecule has 0 heterocycles. The van der Waals surface area contributed by atoms with Crippen molar-refractivity contribution in [2.24, 2.45) is 0 Å². The SMILES string of the molecule is C=CCC(O)c1ccccc1/C=[CH]\[Sn]([CH2]CCC)([CH2]CCC)[CH2]CCC. The number of unbranched alkanes of at least 4 members (excludes halogenated alkanes) is 3. The second-order valence-electron chi connectivity index (χ2n) is 7.68. The van der Waals surface area contributed by atoms with Crippen LogP contribution in [-0.4, -0.2) is 23.5 Å². The second kappa shape index (κ2) is 13.6. The fourth-order valence-corrected chi connectivity index (χ4v) is 17.9. The van der Waals surface area contributed by atoms with Crippen molar-refractivity contribution >= 4 is 24.5 Å². The van der Waals surface area contributed by atoms with Gasteiger partial charge in [-0.15, -0.1) is 0 Å². The first-order chi connectivity index (χ1) is 12.6. The Morgan fingerprint density at radius 2 is 1.50 bits per heavy atom. The molecule has 1 atom stereocenters. The molecule has 0 saturated carbocycles. The third-order valence-corrected chi connectivity index (χ3v) is 19.5. The zero-order chi connectivity index (χ0) is 19.3. The van der Waals surface area contributed by atoms with Gasteiger partial charge in [-0.05, 0) is 0 Å². The molecular formula is C24H40OSn. The normalized spacial score (nSPS) is 13.2. The van der Waals surface area contributed by atoms with Gasteiger partial charge in [0, 0.05) is 0 Å². The first kappa shape index (κ1) is 23.5. The molecule has 0 spiro atoms. The van der Waals surface area contributed by atoms with Crippen LogP contribution in [0.25, 0.3) is 6.08 Å². The molecule has 1 unspecified atom stereocenters. The molecule has 2 heteroatoms. The molecule has 1 rings (SSSR count). The number of aliphatic hydroxyl groups is 1. The van der Waals surface area contributed by atoms with Crippen LogP contribution in [0.1, 0.15) is 82.9 Å². The Hall–Kier alpha value is -0.541. The van der Waals surface area contributed by atoms with Gasteiger partial charge in [0.1, 0.15) is 0 Å². The molecule has 1 nitrogen and oxygen atoms in total. The van der Waals surface area contributed by atoms with E-state index in [-0.39, 0.29) is 0 Å². The Kier molecular flexibility index (Phi) is 12.3. The van der Waals surface area contributed by atoms with Gasteiger partial charge in [0.2, 0.25) is 0 Å². The summed E-state index contributed by atoms with van der Waals surface area (Å²) in [5.41, 5.74) is 2.25. The average Bonchev–Trinajstić information content (AvgIpc) is 2.67. The maximum atomic E-state index is 10.5. The Bertz CT molecular complexity index is 513. The summed E-state index contributed by atoms with van der Waals surface area (Å²) in [5, 5.41) is 10.5. The van der Waals surface area contributed by atoms with Crippen LogP contribution >= 0.6 is 0 Å². The van der Waals surface area contributed by atoms with Gasteiger partial charge in [-0.3, -0.25) is 0 Å². The molecule has 0 bridgehead atoms. The molecule has 0 saturated heterocycles. The third-order valence-electron chi connectivity index (χ3n) is 5.45. The molecule has 1 aromatic rings. The summed E-state index contributed by atoms with van der Waals surface area (Å²) in [6.45, 7) is 10.7. The van der Waals surface area contributed by atoms with Gasteiger partial charge >= 0.3 is 167 Å². The van der Waals surface area contributed by atoms with E-state index in [1.807, 2.05) is 6.07 Å². The van der Waals surface area contributed by atoms with Gasteiger partial charge in [0.25, 0.3) is 0 Å². The van der Waals surface area contributed by atoms with Crippen LogP contribution in [-0.2, 0) is 0 Å². The van der Waals surface area contributed by atoms with Crippen LogP contribution in [0.3, 0.4) is 0 Å². The van der Waals surface area contributed by atoms with Crippen LogP contribution < -0.4 is 0 Å². The molecule has 0 aromatic heterocycles. The Morgan fingerprint density at radius 3 is 2.00 bits per heavy atom. The average molecular weight is 463 g/mol. The molecule has 0 radical (unpaired) electrons. The van der Waals surface area contributed by atoms with Crippen molar-refractivity contribution in [3.8, 4) is 0 Å². The maximum absolute atomic E-state index is 10.5. The van der Waals surface area contributed by atoms with Crippen molar-refractivity contribution < 1.29 is 5.11 Å². The fraction of sp³-hybridized carbons (Fsp3) is 0.583. The zero-order valence-electron chi connectivity index (χ0n) is 17.3. The predicted molar refractivity (Wildman–Crippen MR) is 120 cm³/mol. The molecule has 0 aliphatic carbocycles. The van der Waals surface area contributed by atoms with E-state index in [4.69, 9.17) is 0 Å². The minimum atomic E-state index is -2.27. The number of aliphatic hydroxyl groups excluding tert-OH is 1. The Labute approximate surface area is 166 Å². The zero-order valence-corrected chi connectivity index (χ0v) is 20.2. The summed E-state index contributed by atoms with van der Waals surface area (Å²) in [5.74, 6) is 0. The summed E-state index contributed by atoms with van der Waals surface area (Å²) < 4.78 is 7.15. The van der Waals surface area contributed by atoms with Crippen molar-refractivity contribution in [3.63, 3.8) is 0 Å². The van der Waals surface area contributed by atoms with E-state index in [2.05, 4.69) is 55.7 Å². The van der Waals surface area contributed by atoms with Gasteiger partial charge in [0.05, 0.1) is 0 Å². The van der Waals surface area contributed by atoms with Gasteiger partial charge in [-0.25, -0.2) is 0 Å². The van der Waals surface area contributed by atoms with Crippen molar-refractivity contribution in [3.05, 3.63) is 52.1 Å². The monoisotopic (exact) mass is 464 g/mol. The summed E-state index contributed by atoms with van der Waals surface area (Å²) >= 11 is -2.27. The third kappa shape index (κ3) is 8.00. The van der Waals surface area contributed by atoms with Gasteiger partial charge < -0.3 is 0 Å². The van der Waals surface area contributed by atoms with E-state index in [1.165, 1.54) is 57.4 Å². The van der Waals surface area contributed by atoms with E-state index in [0.717, 1.165) is 5.56 Å². The summed E-state index contributed by atoms with van der Waals surface area (Å²) in [6.07, 6.45) is 12.4. The molecule has 0 aliphatic heterocycles. The molecule has 0 fully saturated rings. The minimum absolute atomic E-state index is 0.445. The van der Waals surface area contributed by atoms with Crippen molar-refractivity contribution in [2.45, 2.75) is 85.1 Å². The second-order valence-corrected chi connectivity index (χ2v) is 20.7. The van der Waals surface area contributed by atoms with Gasteiger partial charge in [-0.1, -0.05) is 0 Å². The van der Waals surface area contributed by atoms with E-state index in [9.17, 15) is 5.11 Å². The fourth-order valence-electron chi connectivity index (χ4n) is 3.73. The van der Waals surface area contributed by atoms with E-state index >= 15 is 0 Å². The van der Waals surface area contributed by atoms with Gasteiger partial charge in [0.15, 0.2) is 0 Å². The number of hydrogen-bond acceptors (Lipinski definition) is 1. The van der Waals surface area contributed by atoms with Crippen LogP contribution in [0.2, 0.25) is 13.3 Å². The molecule has 1 aromatic carbocycles. The first-order valence-electron chi connectivity index (χ1n) is 10.7. The van der Waals surface area contributed by atoms with Crippen molar-refractivity contribution in [2.75, 3.05) is 0 Å². The standard InChI is InChI=1S/C12H13O.3C4H9.Sn/c1-3-7-12(13)11-9-6-5-8-10(11)4-2;3*1-3-4-2;/h2-6,8-9,12-13H,1,7H2;3*1,3-4H2,2H3;. The Morgan fingerprint density at radius 1 is 0.962 bits per heavy atom. The summed E-state index contributed by atoms with van der Waals surface area (Å²) in [4.78, 5) is 0. The molecule has 146 valence electrons.